The molecule has 1 saturated carbocycles. The lowest BCUT2D eigenvalue weighted by Gasteiger charge is -2.28. The average Bonchev–Trinajstić information content (AvgIpc) is 2.87. The number of piperidine rings is 1. The quantitative estimate of drug-likeness (QED) is 0.540. The monoisotopic (exact) mass is 165 g/mol. The summed E-state index contributed by atoms with van der Waals surface area (Å²) in [6.45, 7) is 5.75. The van der Waals surface area contributed by atoms with Gasteiger partial charge in [0.2, 0.25) is 5.91 Å². The molecule has 1 aliphatic heterocycles. The second kappa shape index (κ2) is 2.92. The van der Waals surface area contributed by atoms with Crippen LogP contribution in [0.3, 0.4) is 0 Å². The summed E-state index contributed by atoms with van der Waals surface area (Å²) in [5.41, 5.74) is 1.30. The molecule has 0 unspecified atom stereocenters. The minimum absolute atomic E-state index is 0.386. The van der Waals surface area contributed by atoms with E-state index in [0.29, 0.717) is 11.8 Å². The summed E-state index contributed by atoms with van der Waals surface area (Å²) in [5, 5.41) is 0. The number of rotatable bonds is 1. The van der Waals surface area contributed by atoms with Crippen molar-refractivity contribution in [2.45, 2.75) is 25.7 Å². The van der Waals surface area contributed by atoms with Gasteiger partial charge >= 0.3 is 0 Å². The summed E-state index contributed by atoms with van der Waals surface area (Å²) in [5.74, 6) is 0.777. The highest BCUT2D eigenvalue weighted by Crippen LogP contribution is 2.32. The lowest BCUT2D eigenvalue weighted by Crippen LogP contribution is -2.37. The van der Waals surface area contributed by atoms with Gasteiger partial charge in [-0.15, -0.1) is 0 Å². The summed E-state index contributed by atoms with van der Waals surface area (Å²) in [4.78, 5) is 13.6. The van der Waals surface area contributed by atoms with E-state index in [9.17, 15) is 4.79 Å². The van der Waals surface area contributed by atoms with Crippen LogP contribution in [-0.4, -0.2) is 23.9 Å². The number of nitrogens with zero attached hydrogens (tertiary/aromatic N) is 1. The Morgan fingerprint density at radius 1 is 1.33 bits per heavy atom. The molecule has 0 aromatic heterocycles. The molecular weight excluding hydrogens is 150 g/mol. The molecular formula is C10H15NO. The zero-order chi connectivity index (χ0) is 8.55. The minimum atomic E-state index is 0.386. The zero-order valence-corrected chi connectivity index (χ0v) is 7.38. The summed E-state index contributed by atoms with van der Waals surface area (Å²) >= 11 is 0. The molecule has 2 nitrogen and oxygen atoms in total. The molecule has 0 radical (unpaired) electrons. The van der Waals surface area contributed by atoms with Gasteiger partial charge in [-0.2, -0.15) is 0 Å². The van der Waals surface area contributed by atoms with Crippen LogP contribution in [0.15, 0.2) is 12.2 Å². The van der Waals surface area contributed by atoms with Gasteiger partial charge in [-0.3, -0.25) is 4.79 Å². The smallest absolute Gasteiger partial charge is 0.225 e. The van der Waals surface area contributed by atoms with Gasteiger partial charge in [0, 0.05) is 19.0 Å². The van der Waals surface area contributed by atoms with Gasteiger partial charge < -0.3 is 4.90 Å². The predicted molar refractivity (Wildman–Crippen MR) is 47.7 cm³/mol. The van der Waals surface area contributed by atoms with Crippen molar-refractivity contribution in [3.05, 3.63) is 12.2 Å². The molecule has 66 valence electrons. The summed E-state index contributed by atoms with van der Waals surface area (Å²) in [7, 11) is 0. The lowest BCUT2D eigenvalue weighted by molar-refractivity contribution is -0.132. The fourth-order valence-electron chi connectivity index (χ4n) is 1.63. The second-order valence-electron chi connectivity index (χ2n) is 3.85. The molecule has 2 aliphatic rings. The fraction of sp³-hybridized carbons (Fsp3) is 0.700. The molecule has 2 fully saturated rings. The van der Waals surface area contributed by atoms with Crippen LogP contribution in [0.25, 0.3) is 0 Å². The highest BCUT2D eigenvalue weighted by atomic mass is 16.2. The number of carbonyl (C=O) groups excluding carboxylic acids is 1. The normalized spacial score (nSPS) is 24.3. The highest BCUT2D eigenvalue weighted by molar-refractivity contribution is 5.81. The van der Waals surface area contributed by atoms with E-state index in [1.807, 2.05) is 4.90 Å². The second-order valence-corrected chi connectivity index (χ2v) is 3.85. The number of hydrogen-bond acceptors (Lipinski definition) is 1. The van der Waals surface area contributed by atoms with E-state index in [0.717, 1.165) is 38.8 Å². The van der Waals surface area contributed by atoms with E-state index >= 15 is 0 Å². The van der Waals surface area contributed by atoms with Crippen molar-refractivity contribution in [2.24, 2.45) is 5.92 Å². The topological polar surface area (TPSA) is 20.3 Å². The minimum Gasteiger partial charge on any atom is -0.342 e. The van der Waals surface area contributed by atoms with Gasteiger partial charge in [0.25, 0.3) is 0 Å². The summed E-state index contributed by atoms with van der Waals surface area (Å²) < 4.78 is 0. The van der Waals surface area contributed by atoms with Crippen LogP contribution in [0, 0.1) is 5.92 Å². The molecule has 2 rings (SSSR count). The first-order valence-corrected chi connectivity index (χ1v) is 4.73. The third kappa shape index (κ3) is 1.52. The van der Waals surface area contributed by atoms with Gasteiger partial charge in [-0.1, -0.05) is 12.2 Å². The standard InChI is InChI=1S/C10H15NO/c1-8-4-6-11(7-5-8)10(12)9-2-3-9/h9H,1-7H2. The third-order valence-electron chi connectivity index (χ3n) is 2.71. The highest BCUT2D eigenvalue weighted by Gasteiger charge is 2.33. The van der Waals surface area contributed by atoms with Crippen LogP contribution in [0.1, 0.15) is 25.7 Å². The molecule has 1 saturated heterocycles. The van der Waals surface area contributed by atoms with E-state index in [4.69, 9.17) is 0 Å². The number of likely N-dealkylation sites (tertiary alicyclic amines) is 1. The third-order valence-corrected chi connectivity index (χ3v) is 2.71. The Balaban J connectivity index is 1.88. The Kier molecular flexibility index (Phi) is 1.91. The first kappa shape index (κ1) is 7.84. The molecule has 0 atom stereocenters. The van der Waals surface area contributed by atoms with Crippen LogP contribution in [0.2, 0.25) is 0 Å². The average molecular weight is 165 g/mol. The largest absolute Gasteiger partial charge is 0.342 e. The van der Waals surface area contributed by atoms with E-state index in [1.54, 1.807) is 0 Å². The first-order chi connectivity index (χ1) is 5.77. The van der Waals surface area contributed by atoms with E-state index < -0.39 is 0 Å². The van der Waals surface area contributed by atoms with Crippen LogP contribution in [0.5, 0.6) is 0 Å². The lowest BCUT2D eigenvalue weighted by atomic mass is 10.1. The Hall–Kier alpha value is -0.790. The SMILES string of the molecule is C=C1CCN(C(=O)C2CC2)CC1. The molecule has 0 bridgehead atoms. The van der Waals surface area contributed by atoms with Crippen molar-refractivity contribution in [3.8, 4) is 0 Å². The van der Waals surface area contributed by atoms with E-state index in [-0.39, 0.29) is 0 Å². The molecule has 0 spiro atoms. The van der Waals surface area contributed by atoms with Crippen molar-refractivity contribution < 1.29 is 4.79 Å². The van der Waals surface area contributed by atoms with Gasteiger partial charge in [-0.05, 0) is 25.7 Å². The molecule has 1 amide bonds. The van der Waals surface area contributed by atoms with E-state index in [1.165, 1.54) is 5.57 Å². The van der Waals surface area contributed by atoms with Crippen molar-refractivity contribution in [2.75, 3.05) is 13.1 Å². The van der Waals surface area contributed by atoms with Gasteiger partial charge in [0.15, 0.2) is 0 Å². The maximum absolute atomic E-state index is 11.6. The Labute approximate surface area is 73.2 Å². The number of hydrogen-bond donors (Lipinski definition) is 0. The number of amides is 1. The van der Waals surface area contributed by atoms with Crippen LogP contribution in [0.4, 0.5) is 0 Å². The molecule has 2 heteroatoms. The molecule has 1 aliphatic carbocycles. The van der Waals surface area contributed by atoms with Crippen LogP contribution in [-0.2, 0) is 4.79 Å². The summed E-state index contributed by atoms with van der Waals surface area (Å²) in [6, 6.07) is 0. The van der Waals surface area contributed by atoms with Crippen molar-refractivity contribution in [3.63, 3.8) is 0 Å². The van der Waals surface area contributed by atoms with Crippen molar-refractivity contribution in [1.82, 2.24) is 4.90 Å². The maximum Gasteiger partial charge on any atom is 0.225 e. The molecule has 1 heterocycles. The maximum atomic E-state index is 11.6. The predicted octanol–water partition coefficient (Wildman–Crippen LogP) is 1.58. The summed E-state index contributed by atoms with van der Waals surface area (Å²) in [6.07, 6.45) is 4.27. The number of carbonyl (C=O) groups is 1. The zero-order valence-electron chi connectivity index (χ0n) is 7.38. The van der Waals surface area contributed by atoms with Crippen LogP contribution >= 0.6 is 0 Å². The Bertz CT molecular complexity index is 208. The van der Waals surface area contributed by atoms with Crippen molar-refractivity contribution in [1.29, 1.82) is 0 Å². The fourth-order valence-corrected chi connectivity index (χ4v) is 1.63. The molecule has 0 N–H and O–H groups in total. The van der Waals surface area contributed by atoms with Crippen molar-refractivity contribution >= 4 is 5.91 Å². The van der Waals surface area contributed by atoms with Gasteiger partial charge in [-0.25, -0.2) is 0 Å². The van der Waals surface area contributed by atoms with Gasteiger partial charge in [0.05, 0.1) is 0 Å². The molecule has 0 aromatic carbocycles. The molecule has 0 aromatic rings. The Morgan fingerprint density at radius 3 is 2.42 bits per heavy atom. The Morgan fingerprint density at radius 2 is 1.92 bits per heavy atom. The first-order valence-electron chi connectivity index (χ1n) is 4.73. The van der Waals surface area contributed by atoms with Crippen LogP contribution < -0.4 is 0 Å². The van der Waals surface area contributed by atoms with Gasteiger partial charge in [0.1, 0.15) is 0 Å². The van der Waals surface area contributed by atoms with E-state index in [2.05, 4.69) is 6.58 Å². The molecule has 12 heavy (non-hydrogen) atoms.